The van der Waals surface area contributed by atoms with E-state index in [-0.39, 0.29) is 6.04 Å². The van der Waals surface area contributed by atoms with Gasteiger partial charge in [0.1, 0.15) is 5.82 Å². The van der Waals surface area contributed by atoms with E-state index in [1.54, 1.807) is 12.1 Å². The molecule has 1 aromatic heterocycles. The molecule has 0 radical (unpaired) electrons. The largest absolute Gasteiger partial charge is 0.369 e. The van der Waals surface area contributed by atoms with Gasteiger partial charge in [0.2, 0.25) is 5.91 Å². The Morgan fingerprint density at radius 1 is 1.47 bits per heavy atom. The highest BCUT2D eigenvalue weighted by Gasteiger charge is 2.06. The van der Waals surface area contributed by atoms with Gasteiger partial charge < -0.3 is 16.8 Å². The van der Waals surface area contributed by atoms with E-state index in [0.29, 0.717) is 23.8 Å². The second-order valence-electron chi connectivity index (χ2n) is 4.57. The van der Waals surface area contributed by atoms with Crippen molar-refractivity contribution in [2.75, 3.05) is 11.9 Å². The summed E-state index contributed by atoms with van der Waals surface area (Å²) in [6, 6.07) is 3.47. The fourth-order valence-corrected chi connectivity index (χ4v) is 1.57. The van der Waals surface area contributed by atoms with Gasteiger partial charge in [0.15, 0.2) is 0 Å². The van der Waals surface area contributed by atoms with Crippen LogP contribution in [0.1, 0.15) is 30.6 Å². The van der Waals surface area contributed by atoms with E-state index in [2.05, 4.69) is 24.1 Å². The number of aromatic nitrogens is 1. The lowest BCUT2D eigenvalue weighted by Crippen LogP contribution is -2.30. The molecule has 0 aliphatic carbocycles. The van der Waals surface area contributed by atoms with Gasteiger partial charge in [0.05, 0.1) is 5.56 Å². The Morgan fingerprint density at radius 2 is 2.18 bits per heavy atom. The topological polar surface area (TPSA) is 94.0 Å². The van der Waals surface area contributed by atoms with Gasteiger partial charge in [-0.25, -0.2) is 4.98 Å². The summed E-state index contributed by atoms with van der Waals surface area (Å²) < 4.78 is 0. The Labute approximate surface area is 102 Å². The zero-order chi connectivity index (χ0) is 12.8. The first-order valence-corrected chi connectivity index (χ1v) is 5.74. The van der Waals surface area contributed by atoms with E-state index in [0.717, 1.165) is 6.42 Å². The van der Waals surface area contributed by atoms with Crippen LogP contribution in [0.15, 0.2) is 18.3 Å². The Kier molecular flexibility index (Phi) is 4.90. The van der Waals surface area contributed by atoms with E-state index < -0.39 is 5.91 Å². The first-order valence-electron chi connectivity index (χ1n) is 5.74. The van der Waals surface area contributed by atoms with Crippen LogP contribution in [0.5, 0.6) is 0 Å². The van der Waals surface area contributed by atoms with Crippen molar-refractivity contribution in [3.63, 3.8) is 0 Å². The van der Waals surface area contributed by atoms with Crippen molar-refractivity contribution in [2.24, 2.45) is 17.4 Å². The molecule has 0 saturated heterocycles. The normalized spacial score (nSPS) is 12.5. The molecule has 5 nitrogen and oxygen atoms in total. The quantitative estimate of drug-likeness (QED) is 0.686. The minimum Gasteiger partial charge on any atom is -0.369 e. The molecule has 1 heterocycles. The van der Waals surface area contributed by atoms with Gasteiger partial charge in [-0.05, 0) is 24.5 Å². The molecular formula is C12H20N4O. The highest BCUT2D eigenvalue weighted by atomic mass is 16.1. The first kappa shape index (κ1) is 13.4. The minimum absolute atomic E-state index is 0.104. The smallest absolute Gasteiger partial charge is 0.250 e. The molecule has 0 spiro atoms. The summed E-state index contributed by atoms with van der Waals surface area (Å²) in [4.78, 5) is 14.9. The molecule has 0 fully saturated rings. The number of pyridine rings is 1. The standard InChI is InChI=1S/C12H20N4O/c1-8(2)5-10(13)7-16-11-4-3-9(6-15-11)12(14)17/h3-4,6,8,10H,5,7,13H2,1-2H3,(H2,14,17)(H,15,16). The van der Waals surface area contributed by atoms with Gasteiger partial charge in [-0.3, -0.25) is 4.79 Å². The molecule has 1 unspecified atom stereocenters. The van der Waals surface area contributed by atoms with Crippen molar-refractivity contribution in [1.82, 2.24) is 4.98 Å². The van der Waals surface area contributed by atoms with Crippen LogP contribution in [0.2, 0.25) is 0 Å². The zero-order valence-corrected chi connectivity index (χ0v) is 10.3. The Bertz CT molecular complexity index is 361. The van der Waals surface area contributed by atoms with Crippen molar-refractivity contribution < 1.29 is 4.79 Å². The van der Waals surface area contributed by atoms with Gasteiger partial charge in [-0.1, -0.05) is 13.8 Å². The number of carbonyl (C=O) groups is 1. The predicted octanol–water partition coefficient (Wildman–Crippen LogP) is 0.966. The predicted molar refractivity (Wildman–Crippen MR) is 68.7 cm³/mol. The molecule has 94 valence electrons. The van der Waals surface area contributed by atoms with Gasteiger partial charge in [-0.2, -0.15) is 0 Å². The fourth-order valence-electron chi connectivity index (χ4n) is 1.57. The summed E-state index contributed by atoms with van der Waals surface area (Å²) in [7, 11) is 0. The minimum atomic E-state index is -0.472. The second-order valence-corrected chi connectivity index (χ2v) is 4.57. The zero-order valence-electron chi connectivity index (χ0n) is 10.3. The molecule has 1 atom stereocenters. The number of hydrogen-bond donors (Lipinski definition) is 3. The maximum absolute atomic E-state index is 10.8. The van der Waals surface area contributed by atoms with Gasteiger partial charge in [0, 0.05) is 18.8 Å². The van der Waals surface area contributed by atoms with Crippen molar-refractivity contribution in [2.45, 2.75) is 26.3 Å². The maximum atomic E-state index is 10.8. The highest BCUT2D eigenvalue weighted by molar-refractivity contribution is 5.92. The van der Waals surface area contributed by atoms with Crippen LogP contribution in [-0.2, 0) is 0 Å². The third kappa shape index (κ3) is 4.82. The molecule has 0 saturated carbocycles. The number of carbonyl (C=O) groups excluding carboxylic acids is 1. The lowest BCUT2D eigenvalue weighted by Gasteiger charge is -2.15. The maximum Gasteiger partial charge on any atom is 0.250 e. The summed E-state index contributed by atoms with van der Waals surface area (Å²) >= 11 is 0. The van der Waals surface area contributed by atoms with Crippen LogP contribution in [0.4, 0.5) is 5.82 Å². The van der Waals surface area contributed by atoms with Crippen LogP contribution in [0, 0.1) is 5.92 Å². The number of anilines is 1. The van der Waals surface area contributed by atoms with Crippen LogP contribution in [0.3, 0.4) is 0 Å². The van der Waals surface area contributed by atoms with E-state index in [9.17, 15) is 4.79 Å². The molecule has 17 heavy (non-hydrogen) atoms. The third-order valence-electron chi connectivity index (χ3n) is 2.37. The second kappa shape index (κ2) is 6.20. The Hall–Kier alpha value is -1.62. The summed E-state index contributed by atoms with van der Waals surface area (Å²) in [6.07, 6.45) is 2.42. The van der Waals surface area contributed by atoms with E-state index in [1.165, 1.54) is 6.20 Å². The fraction of sp³-hybridized carbons (Fsp3) is 0.500. The molecule has 1 amide bonds. The molecule has 0 aliphatic heterocycles. The summed E-state index contributed by atoms with van der Waals surface area (Å²) in [5.41, 5.74) is 11.5. The van der Waals surface area contributed by atoms with E-state index in [1.807, 2.05) is 0 Å². The van der Waals surface area contributed by atoms with Crippen LogP contribution in [0.25, 0.3) is 0 Å². The number of hydrogen-bond acceptors (Lipinski definition) is 4. The van der Waals surface area contributed by atoms with Crippen LogP contribution >= 0.6 is 0 Å². The lowest BCUT2D eigenvalue weighted by atomic mass is 10.0. The van der Waals surface area contributed by atoms with E-state index >= 15 is 0 Å². The average molecular weight is 236 g/mol. The summed E-state index contributed by atoms with van der Waals surface area (Å²) in [5, 5.41) is 3.13. The van der Waals surface area contributed by atoms with Crippen LogP contribution < -0.4 is 16.8 Å². The first-order chi connectivity index (χ1) is 7.99. The summed E-state index contributed by atoms with van der Waals surface area (Å²) in [5.74, 6) is 0.812. The molecule has 0 aromatic carbocycles. The molecule has 1 rings (SSSR count). The van der Waals surface area contributed by atoms with Crippen molar-refractivity contribution in [1.29, 1.82) is 0 Å². The molecule has 5 N–H and O–H groups in total. The number of rotatable bonds is 6. The van der Waals surface area contributed by atoms with Crippen molar-refractivity contribution >= 4 is 11.7 Å². The van der Waals surface area contributed by atoms with Gasteiger partial charge >= 0.3 is 0 Å². The number of amides is 1. The van der Waals surface area contributed by atoms with Crippen molar-refractivity contribution in [3.8, 4) is 0 Å². The SMILES string of the molecule is CC(C)CC(N)CNc1ccc(C(N)=O)cn1. The number of nitrogens with one attached hydrogen (secondary N) is 1. The van der Waals surface area contributed by atoms with E-state index in [4.69, 9.17) is 11.5 Å². The summed E-state index contributed by atoms with van der Waals surface area (Å²) in [6.45, 7) is 4.95. The van der Waals surface area contributed by atoms with Crippen LogP contribution in [-0.4, -0.2) is 23.5 Å². The van der Waals surface area contributed by atoms with Gasteiger partial charge in [0.25, 0.3) is 0 Å². The number of nitrogens with zero attached hydrogens (tertiary/aromatic N) is 1. The van der Waals surface area contributed by atoms with Gasteiger partial charge in [-0.15, -0.1) is 0 Å². The third-order valence-corrected chi connectivity index (χ3v) is 2.37. The highest BCUT2D eigenvalue weighted by Crippen LogP contribution is 2.06. The average Bonchev–Trinajstić information content (AvgIpc) is 2.26. The lowest BCUT2D eigenvalue weighted by molar-refractivity contribution is 0.1000. The number of primary amides is 1. The molecule has 0 bridgehead atoms. The Morgan fingerprint density at radius 3 is 2.65 bits per heavy atom. The molecule has 0 aliphatic rings. The molecule has 1 aromatic rings. The molecular weight excluding hydrogens is 216 g/mol. The molecule has 5 heteroatoms. The monoisotopic (exact) mass is 236 g/mol. The number of nitrogens with two attached hydrogens (primary N) is 2. The van der Waals surface area contributed by atoms with Crippen molar-refractivity contribution in [3.05, 3.63) is 23.9 Å². The Balaban J connectivity index is 2.44.